The molecular weight excluding hydrogens is 232 g/mol. The average Bonchev–Trinajstić information content (AvgIpc) is 2.38. The van der Waals surface area contributed by atoms with Crippen LogP contribution in [0, 0.1) is 5.92 Å². The summed E-state index contributed by atoms with van der Waals surface area (Å²) in [4.78, 5) is 0. The third-order valence-electron chi connectivity index (χ3n) is 4.00. The predicted molar refractivity (Wildman–Crippen MR) is 69.9 cm³/mol. The lowest BCUT2D eigenvalue weighted by Gasteiger charge is -2.33. The van der Waals surface area contributed by atoms with Crippen LogP contribution in [0.4, 0.5) is 8.78 Å². The summed E-state index contributed by atoms with van der Waals surface area (Å²) >= 11 is 0. The summed E-state index contributed by atoms with van der Waals surface area (Å²) in [6.07, 6.45) is 2.28. The van der Waals surface area contributed by atoms with Gasteiger partial charge in [0.15, 0.2) is 0 Å². The Balaban J connectivity index is 1.94. The number of halogens is 2. The molecule has 0 amide bonds. The predicted octanol–water partition coefficient (Wildman–Crippen LogP) is 3.64. The summed E-state index contributed by atoms with van der Waals surface area (Å²) < 4.78 is 26.3. The Bertz CT molecular complexity index is 354. The first-order chi connectivity index (χ1) is 8.61. The monoisotopic (exact) mass is 253 g/mol. The highest BCUT2D eigenvalue weighted by molar-refractivity contribution is 5.16. The second-order valence-electron chi connectivity index (χ2n) is 5.28. The topological polar surface area (TPSA) is 12.0 Å². The van der Waals surface area contributed by atoms with E-state index in [2.05, 4.69) is 17.4 Å². The van der Waals surface area contributed by atoms with Crippen molar-refractivity contribution in [1.82, 2.24) is 5.32 Å². The standard InChI is InChI=1S/C15H21F2N/c1-18-14(11-12-5-3-2-4-6-12)13-7-9-15(16,17)10-8-13/h2-6,13-14,18H,7-11H2,1H3. The zero-order valence-electron chi connectivity index (χ0n) is 10.8. The van der Waals surface area contributed by atoms with Crippen LogP contribution in [0.25, 0.3) is 0 Å². The molecule has 1 aromatic carbocycles. The van der Waals surface area contributed by atoms with Gasteiger partial charge in [-0.15, -0.1) is 0 Å². The maximum atomic E-state index is 13.2. The van der Waals surface area contributed by atoms with Crippen LogP contribution in [0.5, 0.6) is 0 Å². The van der Waals surface area contributed by atoms with E-state index in [9.17, 15) is 8.78 Å². The second kappa shape index (κ2) is 5.79. The van der Waals surface area contributed by atoms with E-state index < -0.39 is 5.92 Å². The molecule has 0 aromatic heterocycles. The van der Waals surface area contributed by atoms with Crippen LogP contribution in [0.3, 0.4) is 0 Å². The molecule has 0 bridgehead atoms. The lowest BCUT2D eigenvalue weighted by molar-refractivity contribution is -0.0492. The quantitative estimate of drug-likeness (QED) is 0.863. The van der Waals surface area contributed by atoms with Crippen molar-refractivity contribution in [2.75, 3.05) is 7.05 Å². The number of hydrogen-bond donors (Lipinski definition) is 1. The molecule has 100 valence electrons. The van der Waals surface area contributed by atoms with Gasteiger partial charge < -0.3 is 5.32 Å². The van der Waals surface area contributed by atoms with E-state index in [-0.39, 0.29) is 12.8 Å². The Hall–Kier alpha value is -0.960. The fraction of sp³-hybridized carbons (Fsp3) is 0.600. The molecule has 1 atom stereocenters. The molecule has 1 aromatic rings. The Labute approximate surface area is 108 Å². The molecule has 0 heterocycles. The minimum atomic E-state index is -2.43. The zero-order chi connectivity index (χ0) is 13.0. The number of rotatable bonds is 4. The van der Waals surface area contributed by atoms with E-state index in [1.54, 1.807) is 0 Å². The number of benzene rings is 1. The third-order valence-corrected chi connectivity index (χ3v) is 4.00. The van der Waals surface area contributed by atoms with Gasteiger partial charge >= 0.3 is 0 Å². The van der Waals surface area contributed by atoms with Gasteiger partial charge in [0.1, 0.15) is 0 Å². The third kappa shape index (κ3) is 3.52. The van der Waals surface area contributed by atoms with E-state index in [1.165, 1.54) is 5.56 Å². The van der Waals surface area contributed by atoms with Gasteiger partial charge in [-0.2, -0.15) is 0 Å². The molecule has 18 heavy (non-hydrogen) atoms. The number of hydrogen-bond acceptors (Lipinski definition) is 1. The Morgan fingerprint density at radius 1 is 1.22 bits per heavy atom. The Kier molecular flexibility index (Phi) is 4.33. The van der Waals surface area contributed by atoms with Crippen LogP contribution in [0.2, 0.25) is 0 Å². The molecule has 0 aliphatic heterocycles. The van der Waals surface area contributed by atoms with Crippen LogP contribution in [-0.4, -0.2) is 19.0 Å². The highest BCUT2D eigenvalue weighted by atomic mass is 19.3. The van der Waals surface area contributed by atoms with E-state index >= 15 is 0 Å². The Morgan fingerprint density at radius 2 is 1.83 bits per heavy atom. The molecule has 1 unspecified atom stereocenters. The summed E-state index contributed by atoms with van der Waals surface area (Å²) in [6.45, 7) is 0. The summed E-state index contributed by atoms with van der Waals surface area (Å²) in [6, 6.07) is 10.6. The van der Waals surface area contributed by atoms with Gasteiger partial charge in [0.2, 0.25) is 5.92 Å². The zero-order valence-corrected chi connectivity index (χ0v) is 10.8. The smallest absolute Gasteiger partial charge is 0.248 e. The molecule has 0 spiro atoms. The largest absolute Gasteiger partial charge is 0.316 e. The fourth-order valence-electron chi connectivity index (χ4n) is 2.84. The molecule has 1 nitrogen and oxygen atoms in total. The summed E-state index contributed by atoms with van der Waals surface area (Å²) in [5, 5.41) is 3.30. The van der Waals surface area contributed by atoms with Gasteiger partial charge in [-0.25, -0.2) is 8.78 Å². The molecule has 1 aliphatic carbocycles. The molecule has 1 N–H and O–H groups in total. The number of alkyl halides is 2. The lowest BCUT2D eigenvalue weighted by atomic mass is 9.80. The highest BCUT2D eigenvalue weighted by Crippen LogP contribution is 2.37. The second-order valence-corrected chi connectivity index (χ2v) is 5.28. The molecular formula is C15H21F2N. The molecule has 0 saturated heterocycles. The van der Waals surface area contributed by atoms with Gasteiger partial charge in [-0.3, -0.25) is 0 Å². The van der Waals surface area contributed by atoms with Crippen molar-refractivity contribution >= 4 is 0 Å². The summed E-state index contributed by atoms with van der Waals surface area (Å²) in [5.74, 6) is -2.06. The number of likely N-dealkylation sites (N-methyl/N-ethyl adjacent to an activating group) is 1. The van der Waals surface area contributed by atoms with Crippen LogP contribution in [-0.2, 0) is 6.42 Å². The van der Waals surface area contributed by atoms with E-state index in [1.807, 2.05) is 25.2 Å². The summed E-state index contributed by atoms with van der Waals surface area (Å²) in [5.41, 5.74) is 1.27. The van der Waals surface area contributed by atoms with Gasteiger partial charge in [-0.1, -0.05) is 30.3 Å². The summed E-state index contributed by atoms with van der Waals surface area (Å²) in [7, 11) is 1.93. The first-order valence-corrected chi connectivity index (χ1v) is 6.70. The van der Waals surface area contributed by atoms with E-state index in [0.29, 0.717) is 24.8 Å². The first kappa shape index (κ1) is 13.5. The van der Waals surface area contributed by atoms with Crippen molar-refractivity contribution < 1.29 is 8.78 Å². The SMILES string of the molecule is CNC(Cc1ccccc1)C1CCC(F)(F)CC1. The molecule has 1 fully saturated rings. The maximum absolute atomic E-state index is 13.2. The van der Waals surface area contributed by atoms with Crippen LogP contribution >= 0.6 is 0 Å². The van der Waals surface area contributed by atoms with Crippen LogP contribution in [0.1, 0.15) is 31.2 Å². The van der Waals surface area contributed by atoms with E-state index in [4.69, 9.17) is 0 Å². The van der Waals surface area contributed by atoms with Gasteiger partial charge in [0.25, 0.3) is 0 Å². The van der Waals surface area contributed by atoms with Crippen LogP contribution in [0.15, 0.2) is 30.3 Å². The van der Waals surface area contributed by atoms with Crippen molar-refractivity contribution in [2.45, 2.75) is 44.1 Å². The van der Waals surface area contributed by atoms with Crippen molar-refractivity contribution in [1.29, 1.82) is 0 Å². The van der Waals surface area contributed by atoms with Crippen molar-refractivity contribution in [3.8, 4) is 0 Å². The average molecular weight is 253 g/mol. The van der Waals surface area contributed by atoms with Crippen molar-refractivity contribution in [3.05, 3.63) is 35.9 Å². The van der Waals surface area contributed by atoms with Gasteiger partial charge in [-0.05, 0) is 37.8 Å². The minimum Gasteiger partial charge on any atom is -0.316 e. The van der Waals surface area contributed by atoms with Gasteiger partial charge in [0, 0.05) is 18.9 Å². The maximum Gasteiger partial charge on any atom is 0.248 e. The van der Waals surface area contributed by atoms with Crippen molar-refractivity contribution in [3.63, 3.8) is 0 Å². The molecule has 0 radical (unpaired) electrons. The normalized spacial score (nSPS) is 21.7. The minimum absolute atomic E-state index is 0.0463. The molecule has 1 aliphatic rings. The van der Waals surface area contributed by atoms with Crippen molar-refractivity contribution in [2.24, 2.45) is 5.92 Å². The fourth-order valence-corrected chi connectivity index (χ4v) is 2.84. The first-order valence-electron chi connectivity index (χ1n) is 6.70. The van der Waals surface area contributed by atoms with Gasteiger partial charge in [0.05, 0.1) is 0 Å². The Morgan fingerprint density at radius 3 is 2.39 bits per heavy atom. The lowest BCUT2D eigenvalue weighted by Crippen LogP contribution is -2.39. The van der Waals surface area contributed by atoms with Crippen LogP contribution < -0.4 is 5.32 Å². The molecule has 3 heteroatoms. The molecule has 1 saturated carbocycles. The highest BCUT2D eigenvalue weighted by Gasteiger charge is 2.37. The molecule has 2 rings (SSSR count). The number of nitrogens with one attached hydrogen (secondary N) is 1. The van der Waals surface area contributed by atoms with E-state index in [0.717, 1.165) is 6.42 Å².